The molecule has 0 radical (unpaired) electrons. The molecule has 6 nitrogen and oxygen atoms in total. The average molecular weight is 418 g/mol. The Morgan fingerprint density at radius 1 is 1.11 bits per heavy atom. The van der Waals surface area contributed by atoms with Gasteiger partial charge in [-0.1, -0.05) is 35.4 Å². The lowest BCUT2D eigenvalue weighted by Gasteiger charge is -2.30. The van der Waals surface area contributed by atoms with Gasteiger partial charge in [0, 0.05) is 12.0 Å². The van der Waals surface area contributed by atoms with Crippen LogP contribution < -0.4 is 4.90 Å². The predicted octanol–water partition coefficient (Wildman–Crippen LogP) is 3.79. The molecule has 1 saturated heterocycles. The minimum absolute atomic E-state index is 0.0844. The van der Waals surface area contributed by atoms with Crippen LogP contribution in [0.25, 0.3) is 10.9 Å². The van der Waals surface area contributed by atoms with E-state index < -0.39 is 15.6 Å². The number of aryl methyl sites for hydroxylation is 1. The number of carbonyl (C=O) groups is 1. The molecule has 1 aliphatic heterocycles. The zero-order valence-electron chi connectivity index (χ0n) is 15.8. The number of hydrogen-bond acceptors (Lipinski definition) is 5. The topological polar surface area (TPSA) is 72.3 Å². The predicted molar refractivity (Wildman–Crippen MR) is 110 cm³/mol. The fourth-order valence-corrected chi connectivity index (χ4v) is 5.18. The van der Waals surface area contributed by atoms with Crippen LogP contribution >= 0.6 is 11.6 Å². The fourth-order valence-electron chi connectivity index (χ4n) is 3.65. The number of carbonyl (C=O) groups excluding carboxylic acids is 1. The second-order valence-electron chi connectivity index (χ2n) is 7.73. The largest absolute Gasteiger partial charge is 0.342 e. The molecular formula is C20H20ClN3O3S. The Kier molecular flexibility index (Phi) is 4.28. The van der Waals surface area contributed by atoms with E-state index >= 15 is 0 Å². The highest BCUT2D eigenvalue weighted by Crippen LogP contribution is 2.39. The summed E-state index contributed by atoms with van der Waals surface area (Å²) in [4.78, 5) is 14.1. The number of nitrogens with zero attached hydrogens (tertiary/aromatic N) is 3. The first kappa shape index (κ1) is 19.0. The minimum Gasteiger partial charge on any atom is -0.342 e. The maximum absolute atomic E-state index is 13.3. The SMILES string of the molecule is Cc1ccc(S(=O)(=O)n2nc(N3CC(=O)CC3(C)C)c3c(Cl)cccc32)cc1. The van der Waals surface area contributed by atoms with Crippen LogP contribution in [-0.4, -0.2) is 35.5 Å². The summed E-state index contributed by atoms with van der Waals surface area (Å²) in [5.41, 5.74) is 0.874. The summed E-state index contributed by atoms with van der Waals surface area (Å²) < 4.78 is 27.6. The lowest BCUT2D eigenvalue weighted by molar-refractivity contribution is -0.116. The molecule has 1 fully saturated rings. The van der Waals surface area contributed by atoms with Gasteiger partial charge in [-0.2, -0.15) is 12.5 Å². The molecule has 1 aliphatic rings. The zero-order chi connectivity index (χ0) is 20.3. The quantitative estimate of drug-likeness (QED) is 0.648. The molecule has 0 unspecified atom stereocenters. The van der Waals surface area contributed by atoms with Gasteiger partial charge in [-0.25, -0.2) is 0 Å². The van der Waals surface area contributed by atoms with Crippen molar-refractivity contribution in [3.05, 3.63) is 53.1 Å². The molecule has 3 aromatic rings. The third kappa shape index (κ3) is 2.89. The molecule has 0 atom stereocenters. The number of fused-ring (bicyclic) bond motifs is 1. The third-order valence-electron chi connectivity index (χ3n) is 5.10. The van der Waals surface area contributed by atoms with Gasteiger partial charge < -0.3 is 4.90 Å². The van der Waals surface area contributed by atoms with Gasteiger partial charge in [0.15, 0.2) is 11.6 Å². The molecule has 28 heavy (non-hydrogen) atoms. The van der Waals surface area contributed by atoms with Crippen molar-refractivity contribution in [3.63, 3.8) is 0 Å². The Bertz CT molecular complexity index is 1200. The first-order valence-corrected chi connectivity index (χ1v) is 10.7. The van der Waals surface area contributed by atoms with E-state index in [9.17, 15) is 13.2 Å². The van der Waals surface area contributed by atoms with E-state index in [1.807, 2.05) is 25.7 Å². The summed E-state index contributed by atoms with van der Waals surface area (Å²) in [6, 6.07) is 11.7. The van der Waals surface area contributed by atoms with E-state index in [1.165, 1.54) is 0 Å². The molecule has 0 bridgehead atoms. The Hall–Kier alpha value is -2.38. The van der Waals surface area contributed by atoms with E-state index in [4.69, 9.17) is 11.6 Å². The summed E-state index contributed by atoms with van der Waals surface area (Å²) in [5.74, 6) is 0.494. The van der Waals surface area contributed by atoms with Crippen molar-refractivity contribution < 1.29 is 13.2 Å². The highest BCUT2D eigenvalue weighted by molar-refractivity contribution is 7.90. The Morgan fingerprint density at radius 3 is 2.39 bits per heavy atom. The van der Waals surface area contributed by atoms with Crippen molar-refractivity contribution >= 4 is 44.1 Å². The summed E-state index contributed by atoms with van der Waals surface area (Å²) >= 11 is 6.44. The van der Waals surface area contributed by atoms with E-state index in [2.05, 4.69) is 5.10 Å². The van der Waals surface area contributed by atoms with Gasteiger partial charge in [-0.05, 0) is 45.0 Å². The van der Waals surface area contributed by atoms with E-state index in [-0.39, 0.29) is 17.2 Å². The van der Waals surface area contributed by atoms with Crippen LogP contribution in [0.15, 0.2) is 47.4 Å². The minimum atomic E-state index is -3.92. The van der Waals surface area contributed by atoms with Crippen LogP contribution in [0, 0.1) is 6.92 Å². The number of aromatic nitrogens is 2. The van der Waals surface area contributed by atoms with Crippen molar-refractivity contribution in [2.24, 2.45) is 0 Å². The van der Waals surface area contributed by atoms with Crippen molar-refractivity contribution in [2.45, 2.75) is 37.6 Å². The van der Waals surface area contributed by atoms with Crippen molar-refractivity contribution in [1.82, 2.24) is 9.19 Å². The van der Waals surface area contributed by atoms with E-state index in [0.717, 1.165) is 9.65 Å². The molecule has 0 aliphatic carbocycles. The van der Waals surface area contributed by atoms with Crippen LogP contribution in [0.4, 0.5) is 5.82 Å². The van der Waals surface area contributed by atoms with Gasteiger partial charge in [0.1, 0.15) is 0 Å². The smallest absolute Gasteiger partial charge is 0.283 e. The third-order valence-corrected chi connectivity index (χ3v) is 7.02. The number of Topliss-reactive ketones (excluding diaryl/α,β-unsaturated/α-hetero) is 1. The maximum atomic E-state index is 13.3. The molecule has 146 valence electrons. The number of halogens is 1. The molecule has 0 saturated carbocycles. The van der Waals surface area contributed by atoms with Gasteiger partial charge in [0.25, 0.3) is 10.0 Å². The number of ketones is 1. The highest BCUT2D eigenvalue weighted by atomic mass is 35.5. The highest BCUT2D eigenvalue weighted by Gasteiger charge is 2.40. The van der Waals surface area contributed by atoms with Crippen LogP contribution in [0.5, 0.6) is 0 Å². The molecule has 0 amide bonds. The van der Waals surface area contributed by atoms with Gasteiger partial charge in [-0.15, -0.1) is 5.10 Å². The van der Waals surface area contributed by atoms with Gasteiger partial charge in [0.2, 0.25) is 0 Å². The fraction of sp³-hybridized carbons (Fsp3) is 0.300. The number of anilines is 1. The van der Waals surface area contributed by atoms with Crippen LogP contribution in [-0.2, 0) is 14.8 Å². The number of rotatable bonds is 3. The average Bonchev–Trinajstić information content (AvgIpc) is 3.13. The normalized spacial score (nSPS) is 16.9. The molecule has 1 aromatic heterocycles. The van der Waals surface area contributed by atoms with Crippen molar-refractivity contribution in [1.29, 1.82) is 0 Å². The standard InChI is InChI=1S/C20H20ClN3O3S/c1-13-7-9-15(10-8-13)28(26,27)24-17-6-4-5-16(21)18(17)19(22-24)23-12-14(25)11-20(23,2)3/h4-10H,11-12H2,1-3H3. The molecule has 0 N–H and O–H groups in total. The summed E-state index contributed by atoms with van der Waals surface area (Å²) in [5, 5.41) is 5.38. The van der Waals surface area contributed by atoms with Crippen molar-refractivity contribution in [3.8, 4) is 0 Å². The Labute approximate surface area is 168 Å². The van der Waals surface area contributed by atoms with E-state index in [1.54, 1.807) is 42.5 Å². The monoisotopic (exact) mass is 417 g/mol. The lowest BCUT2D eigenvalue weighted by Crippen LogP contribution is -2.38. The molecule has 2 aromatic carbocycles. The number of benzene rings is 2. The molecule has 0 spiro atoms. The Morgan fingerprint density at radius 2 is 1.79 bits per heavy atom. The van der Waals surface area contributed by atoms with E-state index in [0.29, 0.717) is 28.2 Å². The first-order valence-electron chi connectivity index (χ1n) is 8.90. The molecular weight excluding hydrogens is 398 g/mol. The maximum Gasteiger partial charge on any atom is 0.283 e. The molecule has 8 heteroatoms. The summed E-state index contributed by atoms with van der Waals surface area (Å²) in [6.45, 7) is 5.95. The summed E-state index contributed by atoms with van der Waals surface area (Å²) in [6.07, 6.45) is 0.372. The first-order chi connectivity index (χ1) is 13.1. The van der Waals surface area contributed by atoms with Crippen LogP contribution in [0.1, 0.15) is 25.8 Å². The zero-order valence-corrected chi connectivity index (χ0v) is 17.4. The Balaban J connectivity index is 1.98. The van der Waals surface area contributed by atoms with Crippen LogP contribution in [0.2, 0.25) is 5.02 Å². The second kappa shape index (κ2) is 6.32. The summed E-state index contributed by atoms with van der Waals surface area (Å²) in [7, 11) is -3.92. The lowest BCUT2D eigenvalue weighted by atomic mass is 10.0. The number of hydrogen-bond donors (Lipinski definition) is 0. The van der Waals surface area contributed by atoms with Crippen molar-refractivity contribution in [2.75, 3.05) is 11.4 Å². The van der Waals surface area contributed by atoms with Gasteiger partial charge >= 0.3 is 0 Å². The van der Waals surface area contributed by atoms with Gasteiger partial charge in [-0.3, -0.25) is 4.79 Å². The van der Waals surface area contributed by atoms with Gasteiger partial charge in [0.05, 0.1) is 27.4 Å². The molecule has 2 heterocycles. The van der Waals surface area contributed by atoms with Crippen LogP contribution in [0.3, 0.4) is 0 Å². The second-order valence-corrected chi connectivity index (χ2v) is 9.91. The molecule has 4 rings (SSSR count).